The lowest BCUT2D eigenvalue weighted by atomic mass is 10.1. The fourth-order valence-corrected chi connectivity index (χ4v) is 3.36. The van der Waals surface area contributed by atoms with E-state index in [4.69, 9.17) is 0 Å². The third kappa shape index (κ3) is 6.00. The van der Waals surface area contributed by atoms with Crippen LogP contribution in [0.3, 0.4) is 0 Å². The molecule has 2 amide bonds. The van der Waals surface area contributed by atoms with Crippen molar-refractivity contribution in [3.05, 3.63) is 66.2 Å². The minimum atomic E-state index is 0.0548. The molecule has 2 aromatic carbocycles. The Labute approximate surface area is 162 Å². The molecule has 144 valence electrons. The second kappa shape index (κ2) is 9.97. The molecule has 1 aliphatic heterocycles. The maximum atomic E-state index is 12.4. The van der Waals surface area contributed by atoms with Crippen LogP contribution in [0.1, 0.15) is 5.56 Å². The summed E-state index contributed by atoms with van der Waals surface area (Å²) in [5.41, 5.74) is 2.54. The molecule has 0 aliphatic carbocycles. The zero-order valence-electron chi connectivity index (χ0n) is 16.2. The van der Waals surface area contributed by atoms with Crippen LogP contribution in [0, 0.1) is 0 Å². The maximum absolute atomic E-state index is 12.4. The Morgan fingerprint density at radius 2 is 1.59 bits per heavy atom. The fraction of sp³-hybridized carbons (Fsp3) is 0.409. The Morgan fingerprint density at radius 1 is 0.963 bits per heavy atom. The third-order valence-corrected chi connectivity index (χ3v) is 5.14. The van der Waals surface area contributed by atoms with Gasteiger partial charge in [0.05, 0.1) is 0 Å². The van der Waals surface area contributed by atoms with Gasteiger partial charge in [0, 0.05) is 58.5 Å². The number of anilines is 1. The van der Waals surface area contributed by atoms with Crippen LogP contribution in [0.5, 0.6) is 0 Å². The van der Waals surface area contributed by atoms with Gasteiger partial charge in [-0.1, -0.05) is 48.5 Å². The number of rotatable bonds is 7. The monoisotopic (exact) mass is 366 g/mol. The highest BCUT2D eigenvalue weighted by Gasteiger charge is 2.20. The van der Waals surface area contributed by atoms with Crippen molar-refractivity contribution in [3.63, 3.8) is 0 Å². The molecule has 5 heteroatoms. The van der Waals surface area contributed by atoms with Crippen molar-refractivity contribution in [1.82, 2.24) is 15.1 Å². The average molecular weight is 367 g/mol. The molecule has 0 radical (unpaired) electrons. The number of amides is 2. The zero-order chi connectivity index (χ0) is 18.9. The van der Waals surface area contributed by atoms with Crippen molar-refractivity contribution in [3.8, 4) is 0 Å². The minimum Gasteiger partial charge on any atom is -0.373 e. The van der Waals surface area contributed by atoms with E-state index in [0.717, 1.165) is 45.7 Å². The summed E-state index contributed by atoms with van der Waals surface area (Å²) in [6.45, 7) is 6.01. The van der Waals surface area contributed by atoms with E-state index in [1.807, 2.05) is 30.1 Å². The van der Waals surface area contributed by atoms with Crippen molar-refractivity contribution in [2.45, 2.75) is 6.42 Å². The molecule has 1 saturated heterocycles. The summed E-state index contributed by atoms with van der Waals surface area (Å²) in [4.78, 5) is 18.9. The Hall–Kier alpha value is -2.53. The van der Waals surface area contributed by atoms with E-state index in [1.165, 1.54) is 11.3 Å². The number of benzene rings is 2. The number of nitrogens with zero attached hydrogens (tertiary/aromatic N) is 3. The van der Waals surface area contributed by atoms with Gasteiger partial charge in [-0.05, 0) is 24.1 Å². The predicted octanol–water partition coefficient (Wildman–Crippen LogP) is 2.69. The Balaban J connectivity index is 1.32. The number of likely N-dealkylation sites (N-methyl/N-ethyl adjacent to an activating group) is 1. The van der Waals surface area contributed by atoms with Gasteiger partial charge in [0.15, 0.2) is 0 Å². The first-order chi connectivity index (χ1) is 13.2. The van der Waals surface area contributed by atoms with E-state index in [0.29, 0.717) is 6.54 Å². The van der Waals surface area contributed by atoms with Crippen molar-refractivity contribution >= 4 is 11.7 Å². The summed E-state index contributed by atoms with van der Waals surface area (Å²) in [6, 6.07) is 20.9. The fourth-order valence-electron chi connectivity index (χ4n) is 3.36. The molecule has 1 heterocycles. The normalized spacial score (nSPS) is 14.8. The quantitative estimate of drug-likeness (QED) is 0.819. The van der Waals surface area contributed by atoms with Gasteiger partial charge >= 0.3 is 6.03 Å². The van der Waals surface area contributed by atoms with Crippen LogP contribution < -0.4 is 10.2 Å². The van der Waals surface area contributed by atoms with Gasteiger partial charge < -0.3 is 15.1 Å². The van der Waals surface area contributed by atoms with Crippen LogP contribution in [-0.2, 0) is 6.42 Å². The number of carbonyl (C=O) groups is 1. The standard InChI is InChI=1S/C22H30N4O/c1-24(21-10-6-3-7-11-21)15-13-23-22(27)26-18-16-25(17-19-26)14-12-20-8-4-2-5-9-20/h2-11H,12-19H2,1H3,(H,23,27). The second-order valence-electron chi connectivity index (χ2n) is 7.05. The van der Waals surface area contributed by atoms with Crippen LogP contribution in [0.2, 0.25) is 0 Å². The molecule has 1 aliphatic rings. The lowest BCUT2D eigenvalue weighted by Gasteiger charge is -2.34. The SMILES string of the molecule is CN(CCNC(=O)N1CCN(CCc2ccccc2)CC1)c1ccccc1. The van der Waals surface area contributed by atoms with Gasteiger partial charge in [0.2, 0.25) is 0 Å². The Bertz CT molecular complexity index is 684. The Morgan fingerprint density at radius 3 is 2.26 bits per heavy atom. The molecular weight excluding hydrogens is 336 g/mol. The van der Waals surface area contributed by atoms with Crippen molar-refractivity contribution in [2.24, 2.45) is 0 Å². The van der Waals surface area contributed by atoms with Gasteiger partial charge in [-0.25, -0.2) is 4.79 Å². The first kappa shape index (κ1) is 19.2. The lowest BCUT2D eigenvalue weighted by Crippen LogP contribution is -2.52. The first-order valence-electron chi connectivity index (χ1n) is 9.77. The number of hydrogen-bond acceptors (Lipinski definition) is 3. The summed E-state index contributed by atoms with van der Waals surface area (Å²) in [5.74, 6) is 0. The van der Waals surface area contributed by atoms with Gasteiger partial charge in [-0.2, -0.15) is 0 Å². The van der Waals surface area contributed by atoms with Crippen LogP contribution in [0.25, 0.3) is 0 Å². The van der Waals surface area contributed by atoms with E-state index < -0.39 is 0 Å². The molecule has 1 fully saturated rings. The third-order valence-electron chi connectivity index (χ3n) is 5.14. The van der Waals surface area contributed by atoms with E-state index in [1.54, 1.807) is 0 Å². The largest absolute Gasteiger partial charge is 0.373 e. The molecule has 0 bridgehead atoms. The maximum Gasteiger partial charge on any atom is 0.317 e. The van der Waals surface area contributed by atoms with Gasteiger partial charge in [0.25, 0.3) is 0 Å². The molecule has 3 rings (SSSR count). The summed E-state index contributed by atoms with van der Waals surface area (Å²) in [6.07, 6.45) is 1.07. The highest BCUT2D eigenvalue weighted by Crippen LogP contribution is 2.10. The molecule has 5 nitrogen and oxygen atoms in total. The van der Waals surface area contributed by atoms with Crippen molar-refractivity contribution in [1.29, 1.82) is 0 Å². The highest BCUT2D eigenvalue weighted by atomic mass is 16.2. The molecule has 0 aromatic heterocycles. The summed E-state index contributed by atoms with van der Waals surface area (Å²) in [5, 5.41) is 3.05. The molecule has 27 heavy (non-hydrogen) atoms. The van der Waals surface area contributed by atoms with Gasteiger partial charge in [0.1, 0.15) is 0 Å². The second-order valence-corrected chi connectivity index (χ2v) is 7.05. The smallest absolute Gasteiger partial charge is 0.317 e. The van der Waals surface area contributed by atoms with E-state index in [9.17, 15) is 4.79 Å². The van der Waals surface area contributed by atoms with Crippen molar-refractivity contribution < 1.29 is 4.79 Å². The van der Waals surface area contributed by atoms with E-state index in [-0.39, 0.29) is 6.03 Å². The number of piperazine rings is 1. The number of nitrogens with one attached hydrogen (secondary N) is 1. The molecule has 0 unspecified atom stereocenters. The molecule has 0 saturated carbocycles. The van der Waals surface area contributed by atoms with E-state index >= 15 is 0 Å². The number of carbonyl (C=O) groups excluding carboxylic acids is 1. The summed E-state index contributed by atoms with van der Waals surface area (Å²) in [7, 11) is 2.05. The lowest BCUT2D eigenvalue weighted by molar-refractivity contribution is 0.140. The summed E-state index contributed by atoms with van der Waals surface area (Å²) >= 11 is 0. The number of urea groups is 1. The van der Waals surface area contributed by atoms with Gasteiger partial charge in [-0.15, -0.1) is 0 Å². The average Bonchev–Trinajstić information content (AvgIpc) is 2.74. The van der Waals surface area contributed by atoms with Gasteiger partial charge in [-0.3, -0.25) is 4.90 Å². The van der Waals surface area contributed by atoms with Crippen LogP contribution in [0.4, 0.5) is 10.5 Å². The molecule has 1 N–H and O–H groups in total. The summed E-state index contributed by atoms with van der Waals surface area (Å²) < 4.78 is 0. The predicted molar refractivity (Wildman–Crippen MR) is 111 cm³/mol. The van der Waals surface area contributed by atoms with Crippen LogP contribution in [-0.4, -0.2) is 68.7 Å². The first-order valence-corrected chi connectivity index (χ1v) is 9.77. The zero-order valence-corrected chi connectivity index (χ0v) is 16.2. The number of para-hydroxylation sites is 1. The van der Waals surface area contributed by atoms with Crippen molar-refractivity contribution in [2.75, 3.05) is 57.8 Å². The molecular formula is C22H30N4O. The van der Waals surface area contributed by atoms with Crippen LogP contribution in [0.15, 0.2) is 60.7 Å². The number of hydrogen-bond donors (Lipinski definition) is 1. The highest BCUT2D eigenvalue weighted by molar-refractivity contribution is 5.74. The Kier molecular flexibility index (Phi) is 7.11. The minimum absolute atomic E-state index is 0.0548. The van der Waals surface area contributed by atoms with E-state index in [2.05, 4.69) is 57.6 Å². The molecule has 0 atom stereocenters. The molecule has 0 spiro atoms. The molecule has 2 aromatic rings. The van der Waals surface area contributed by atoms with Crippen LogP contribution >= 0.6 is 0 Å². The topological polar surface area (TPSA) is 38.8 Å².